The number of halogens is 2. The summed E-state index contributed by atoms with van der Waals surface area (Å²) >= 11 is 11.6. The van der Waals surface area contributed by atoms with Gasteiger partial charge in [-0.05, 0) is 24.6 Å². The lowest BCUT2D eigenvalue weighted by molar-refractivity contribution is -0.115. The van der Waals surface area contributed by atoms with Crippen molar-refractivity contribution in [2.75, 3.05) is 0 Å². The standard InChI is InChI=1S/C13H11Cl2NO2/c14-10-5-4-8(6-11(10)15)16-7-9-12(17)2-1-3-13(9)18/h4-7,17H,1-3H2. The highest BCUT2D eigenvalue weighted by molar-refractivity contribution is 6.42. The van der Waals surface area contributed by atoms with Crippen molar-refractivity contribution in [1.29, 1.82) is 0 Å². The van der Waals surface area contributed by atoms with Crippen molar-refractivity contribution in [2.45, 2.75) is 19.3 Å². The van der Waals surface area contributed by atoms with E-state index in [1.54, 1.807) is 18.2 Å². The summed E-state index contributed by atoms with van der Waals surface area (Å²) in [4.78, 5) is 15.7. The van der Waals surface area contributed by atoms with Gasteiger partial charge in [-0.1, -0.05) is 23.2 Å². The molecule has 1 N–H and O–H groups in total. The van der Waals surface area contributed by atoms with Crippen LogP contribution in [-0.2, 0) is 4.79 Å². The highest BCUT2D eigenvalue weighted by Gasteiger charge is 2.18. The predicted octanol–water partition coefficient (Wildman–Crippen LogP) is 4.26. The minimum Gasteiger partial charge on any atom is -0.512 e. The van der Waals surface area contributed by atoms with Crippen LogP contribution in [0.3, 0.4) is 0 Å². The van der Waals surface area contributed by atoms with E-state index in [4.69, 9.17) is 23.2 Å². The molecule has 5 heteroatoms. The highest BCUT2D eigenvalue weighted by atomic mass is 35.5. The van der Waals surface area contributed by atoms with Crippen LogP contribution in [0.4, 0.5) is 5.69 Å². The van der Waals surface area contributed by atoms with Crippen molar-refractivity contribution in [2.24, 2.45) is 4.99 Å². The smallest absolute Gasteiger partial charge is 0.167 e. The molecule has 1 aliphatic carbocycles. The maximum Gasteiger partial charge on any atom is 0.167 e. The van der Waals surface area contributed by atoms with E-state index in [0.717, 1.165) is 0 Å². The average Bonchev–Trinajstić information content (AvgIpc) is 2.33. The van der Waals surface area contributed by atoms with Gasteiger partial charge in [0.15, 0.2) is 5.78 Å². The molecule has 0 aromatic heterocycles. The van der Waals surface area contributed by atoms with Crippen molar-refractivity contribution in [3.05, 3.63) is 39.6 Å². The van der Waals surface area contributed by atoms with E-state index >= 15 is 0 Å². The van der Waals surface area contributed by atoms with Crippen molar-refractivity contribution in [3.8, 4) is 0 Å². The fraction of sp³-hybridized carbons (Fsp3) is 0.231. The Bertz CT molecular complexity index is 550. The number of rotatable bonds is 2. The SMILES string of the molecule is O=C1CCCC(O)=C1C=Nc1ccc(Cl)c(Cl)c1. The Kier molecular flexibility index (Phi) is 4.04. The number of allylic oxidation sites excluding steroid dienone is 2. The fourth-order valence-corrected chi connectivity index (χ4v) is 1.99. The summed E-state index contributed by atoms with van der Waals surface area (Å²) in [6.07, 6.45) is 3.05. The van der Waals surface area contributed by atoms with Crippen LogP contribution >= 0.6 is 23.2 Å². The molecule has 0 amide bonds. The minimum atomic E-state index is -0.0810. The summed E-state index contributed by atoms with van der Waals surface area (Å²) in [5, 5.41) is 10.5. The van der Waals surface area contributed by atoms with Gasteiger partial charge in [-0.25, -0.2) is 0 Å². The Morgan fingerprint density at radius 1 is 1.22 bits per heavy atom. The number of aliphatic imine (C=N–C) groups is 1. The first-order chi connectivity index (χ1) is 8.58. The number of aliphatic hydroxyl groups excluding tert-OH is 1. The number of aliphatic hydroxyl groups is 1. The molecule has 0 bridgehead atoms. The molecule has 0 heterocycles. The van der Waals surface area contributed by atoms with E-state index in [2.05, 4.69) is 4.99 Å². The molecule has 18 heavy (non-hydrogen) atoms. The molecule has 0 radical (unpaired) electrons. The average molecular weight is 284 g/mol. The fourth-order valence-electron chi connectivity index (χ4n) is 1.70. The second-order valence-corrected chi connectivity index (χ2v) is 4.81. The van der Waals surface area contributed by atoms with E-state index in [1.807, 2.05) is 0 Å². The number of nitrogens with zero attached hydrogens (tertiary/aromatic N) is 1. The van der Waals surface area contributed by atoms with Gasteiger partial charge in [0.1, 0.15) is 5.76 Å². The number of carbonyl (C=O) groups is 1. The molecule has 0 atom stereocenters. The predicted molar refractivity (Wildman–Crippen MR) is 73.1 cm³/mol. The van der Waals surface area contributed by atoms with Crippen molar-refractivity contribution in [1.82, 2.24) is 0 Å². The third-order valence-corrected chi connectivity index (χ3v) is 3.41. The van der Waals surface area contributed by atoms with E-state index in [9.17, 15) is 9.90 Å². The number of carbonyl (C=O) groups excluding carboxylic acids is 1. The number of hydrogen-bond donors (Lipinski definition) is 1. The van der Waals surface area contributed by atoms with Gasteiger partial charge in [0.2, 0.25) is 0 Å². The molecule has 0 saturated heterocycles. The van der Waals surface area contributed by atoms with Crippen LogP contribution in [0.25, 0.3) is 0 Å². The normalized spacial score (nSPS) is 16.7. The first kappa shape index (κ1) is 13.1. The monoisotopic (exact) mass is 283 g/mol. The summed E-state index contributed by atoms with van der Waals surface area (Å²) in [7, 11) is 0. The number of benzene rings is 1. The molecule has 94 valence electrons. The van der Waals surface area contributed by atoms with Crippen molar-refractivity contribution in [3.63, 3.8) is 0 Å². The van der Waals surface area contributed by atoms with Gasteiger partial charge in [-0.15, -0.1) is 0 Å². The lowest BCUT2D eigenvalue weighted by Gasteiger charge is -2.11. The molecule has 1 aliphatic rings. The second kappa shape index (κ2) is 5.55. The summed E-state index contributed by atoms with van der Waals surface area (Å²) in [6.45, 7) is 0. The summed E-state index contributed by atoms with van der Waals surface area (Å²) in [6, 6.07) is 4.93. The molecule has 0 saturated carbocycles. The van der Waals surface area contributed by atoms with Crippen molar-refractivity contribution < 1.29 is 9.90 Å². The Balaban J connectivity index is 2.25. The number of Topliss-reactive ketones (excluding diaryl/α,β-unsaturated/α-hetero) is 1. The lowest BCUT2D eigenvalue weighted by Crippen LogP contribution is -2.12. The Morgan fingerprint density at radius 2 is 2.00 bits per heavy atom. The van der Waals surface area contributed by atoms with Gasteiger partial charge in [0, 0.05) is 19.1 Å². The van der Waals surface area contributed by atoms with Gasteiger partial charge in [-0.2, -0.15) is 0 Å². The quantitative estimate of drug-likeness (QED) is 0.825. The summed E-state index contributed by atoms with van der Waals surface area (Å²) in [5.41, 5.74) is 0.871. The first-order valence-electron chi connectivity index (χ1n) is 5.52. The molecular weight excluding hydrogens is 273 g/mol. The minimum absolute atomic E-state index is 0.0810. The number of ketones is 1. The maximum absolute atomic E-state index is 11.6. The van der Waals surface area contributed by atoms with Crippen LogP contribution in [0.1, 0.15) is 19.3 Å². The Morgan fingerprint density at radius 3 is 2.67 bits per heavy atom. The molecule has 1 aromatic rings. The largest absolute Gasteiger partial charge is 0.512 e. The number of hydrogen-bond acceptors (Lipinski definition) is 3. The summed E-state index contributed by atoms with van der Waals surface area (Å²) in [5.74, 6) is 0.0256. The van der Waals surface area contributed by atoms with Gasteiger partial charge in [0.05, 0.1) is 21.3 Å². The first-order valence-corrected chi connectivity index (χ1v) is 6.28. The van der Waals surface area contributed by atoms with Gasteiger partial charge >= 0.3 is 0 Å². The Hall–Kier alpha value is -1.32. The zero-order valence-electron chi connectivity index (χ0n) is 9.49. The van der Waals surface area contributed by atoms with Crippen molar-refractivity contribution >= 4 is 40.9 Å². The van der Waals surface area contributed by atoms with E-state index < -0.39 is 0 Å². The van der Waals surface area contributed by atoms with Crippen LogP contribution in [0.5, 0.6) is 0 Å². The molecular formula is C13H11Cl2NO2. The molecule has 1 aromatic carbocycles. The molecule has 0 unspecified atom stereocenters. The molecule has 0 fully saturated rings. The van der Waals surface area contributed by atoms with Gasteiger partial charge in [0.25, 0.3) is 0 Å². The second-order valence-electron chi connectivity index (χ2n) is 3.99. The maximum atomic E-state index is 11.6. The molecule has 3 nitrogen and oxygen atoms in total. The topological polar surface area (TPSA) is 49.7 Å². The molecule has 2 rings (SSSR count). The Labute approximate surface area is 115 Å². The van der Waals surface area contributed by atoms with Crippen LogP contribution in [0.15, 0.2) is 34.5 Å². The van der Waals surface area contributed by atoms with Crippen LogP contribution in [0, 0.1) is 0 Å². The highest BCUT2D eigenvalue weighted by Crippen LogP contribution is 2.27. The van der Waals surface area contributed by atoms with Crippen LogP contribution < -0.4 is 0 Å². The third kappa shape index (κ3) is 2.92. The summed E-state index contributed by atoms with van der Waals surface area (Å²) < 4.78 is 0. The van der Waals surface area contributed by atoms with Crippen LogP contribution in [0.2, 0.25) is 10.0 Å². The zero-order valence-corrected chi connectivity index (χ0v) is 11.0. The zero-order chi connectivity index (χ0) is 13.1. The third-order valence-electron chi connectivity index (χ3n) is 2.67. The van der Waals surface area contributed by atoms with Crippen LogP contribution in [-0.4, -0.2) is 17.1 Å². The van der Waals surface area contributed by atoms with E-state index in [1.165, 1.54) is 6.21 Å². The lowest BCUT2D eigenvalue weighted by atomic mass is 9.97. The molecule has 0 spiro atoms. The van der Waals surface area contributed by atoms with Gasteiger partial charge < -0.3 is 5.11 Å². The van der Waals surface area contributed by atoms with Gasteiger partial charge in [-0.3, -0.25) is 9.79 Å². The molecule has 0 aliphatic heterocycles. The van der Waals surface area contributed by atoms with E-state index in [0.29, 0.717) is 35.0 Å². The van der Waals surface area contributed by atoms with E-state index in [-0.39, 0.29) is 17.1 Å².